The molecule has 1 aromatic heterocycles. The zero-order valence-electron chi connectivity index (χ0n) is 14.5. The third-order valence-corrected chi connectivity index (χ3v) is 6.20. The Bertz CT molecular complexity index is 903. The molecule has 0 spiro atoms. The first kappa shape index (κ1) is 17.9. The van der Waals surface area contributed by atoms with Crippen molar-refractivity contribution in [2.24, 2.45) is 0 Å². The van der Waals surface area contributed by atoms with Crippen LogP contribution < -0.4 is 5.32 Å². The van der Waals surface area contributed by atoms with Gasteiger partial charge in [-0.25, -0.2) is 13.2 Å². The molecule has 1 N–H and O–H groups in total. The van der Waals surface area contributed by atoms with E-state index >= 15 is 0 Å². The van der Waals surface area contributed by atoms with E-state index in [0.717, 1.165) is 0 Å². The fourth-order valence-corrected chi connectivity index (χ4v) is 4.57. The van der Waals surface area contributed by atoms with Crippen LogP contribution in [0, 0.1) is 6.92 Å². The molecule has 1 atom stereocenters. The standard InChI is InChI=1S/C17H22N2O5S/c1-4-23-17(20)16-12(3)14-9-13(5-6-15(14)24-16)25(21,22)19-8-7-18-11(2)10-19/h5-6,9,11,18H,4,7-8,10H2,1-3H3/t11-/m0/s1. The molecule has 136 valence electrons. The topological polar surface area (TPSA) is 88.8 Å². The van der Waals surface area contributed by atoms with Crippen molar-refractivity contribution in [3.8, 4) is 0 Å². The largest absolute Gasteiger partial charge is 0.460 e. The number of furan rings is 1. The van der Waals surface area contributed by atoms with Crippen molar-refractivity contribution in [3.63, 3.8) is 0 Å². The Balaban J connectivity index is 2.00. The molecule has 0 radical (unpaired) electrons. The van der Waals surface area contributed by atoms with E-state index in [9.17, 15) is 13.2 Å². The average molecular weight is 366 g/mol. The van der Waals surface area contributed by atoms with Crippen LogP contribution in [0.4, 0.5) is 0 Å². The maximum Gasteiger partial charge on any atom is 0.374 e. The van der Waals surface area contributed by atoms with E-state index in [2.05, 4.69) is 5.32 Å². The maximum absolute atomic E-state index is 12.9. The number of nitrogens with zero attached hydrogens (tertiary/aromatic N) is 1. The number of sulfonamides is 1. The number of benzene rings is 1. The summed E-state index contributed by atoms with van der Waals surface area (Å²) in [6.45, 7) is 7.13. The number of esters is 1. The summed E-state index contributed by atoms with van der Waals surface area (Å²) in [6, 6.07) is 4.78. The van der Waals surface area contributed by atoms with Crippen molar-refractivity contribution in [1.82, 2.24) is 9.62 Å². The van der Waals surface area contributed by atoms with E-state index in [1.54, 1.807) is 26.0 Å². The van der Waals surface area contributed by atoms with Gasteiger partial charge in [0.05, 0.1) is 11.5 Å². The van der Waals surface area contributed by atoms with Crippen molar-refractivity contribution in [2.75, 3.05) is 26.2 Å². The maximum atomic E-state index is 12.9. The zero-order chi connectivity index (χ0) is 18.2. The summed E-state index contributed by atoms with van der Waals surface area (Å²) >= 11 is 0. The highest BCUT2D eigenvalue weighted by atomic mass is 32.2. The minimum atomic E-state index is -3.59. The van der Waals surface area contributed by atoms with E-state index in [1.165, 1.54) is 10.4 Å². The van der Waals surface area contributed by atoms with Crippen LogP contribution in [-0.4, -0.2) is 51.0 Å². The molecule has 7 nitrogen and oxygen atoms in total. The smallest absolute Gasteiger partial charge is 0.374 e. The van der Waals surface area contributed by atoms with Gasteiger partial charge in [-0.15, -0.1) is 0 Å². The molecule has 1 aliphatic rings. The molecule has 1 fully saturated rings. The number of hydrogen-bond acceptors (Lipinski definition) is 6. The Kier molecular flexibility index (Phi) is 4.86. The quantitative estimate of drug-likeness (QED) is 0.832. The van der Waals surface area contributed by atoms with Gasteiger partial charge in [-0.3, -0.25) is 0 Å². The van der Waals surface area contributed by atoms with Gasteiger partial charge in [0.1, 0.15) is 5.58 Å². The van der Waals surface area contributed by atoms with Crippen molar-refractivity contribution in [2.45, 2.75) is 31.7 Å². The summed E-state index contributed by atoms with van der Waals surface area (Å²) in [4.78, 5) is 12.2. The van der Waals surface area contributed by atoms with E-state index in [4.69, 9.17) is 9.15 Å². The number of nitrogens with one attached hydrogen (secondary N) is 1. The monoisotopic (exact) mass is 366 g/mol. The summed E-state index contributed by atoms with van der Waals surface area (Å²) in [5.41, 5.74) is 1.05. The van der Waals surface area contributed by atoms with Crippen molar-refractivity contribution >= 4 is 27.0 Å². The second kappa shape index (κ2) is 6.78. The predicted molar refractivity (Wildman–Crippen MR) is 93.1 cm³/mol. The lowest BCUT2D eigenvalue weighted by Gasteiger charge is -2.31. The molecule has 2 heterocycles. The van der Waals surface area contributed by atoms with Crippen LogP contribution in [0.15, 0.2) is 27.5 Å². The lowest BCUT2D eigenvalue weighted by atomic mass is 10.1. The summed E-state index contributed by atoms with van der Waals surface area (Å²) in [5.74, 6) is -0.432. The van der Waals surface area contributed by atoms with Gasteiger partial charge in [-0.1, -0.05) is 0 Å². The van der Waals surface area contributed by atoms with Crippen molar-refractivity contribution in [1.29, 1.82) is 0 Å². The Hall–Kier alpha value is -1.90. The van der Waals surface area contributed by atoms with Crippen LogP contribution in [-0.2, 0) is 14.8 Å². The van der Waals surface area contributed by atoms with Crippen molar-refractivity contribution < 1.29 is 22.4 Å². The van der Waals surface area contributed by atoms with E-state index in [1.807, 2.05) is 6.92 Å². The van der Waals surface area contributed by atoms with Gasteiger partial charge in [0, 0.05) is 36.6 Å². The Morgan fingerprint density at radius 1 is 1.44 bits per heavy atom. The second-order valence-corrected chi connectivity index (χ2v) is 8.09. The molecular formula is C17H22N2O5S. The summed E-state index contributed by atoms with van der Waals surface area (Å²) in [5, 5.41) is 3.83. The third kappa shape index (κ3) is 3.29. The number of aryl methyl sites for hydroxylation is 1. The van der Waals surface area contributed by atoms with Crippen LogP contribution in [0.1, 0.15) is 30.0 Å². The zero-order valence-corrected chi connectivity index (χ0v) is 15.4. The SMILES string of the molecule is CCOC(=O)c1oc2ccc(S(=O)(=O)N3CCN[C@@H](C)C3)cc2c1C. The van der Waals surface area contributed by atoms with Crippen LogP contribution in [0.25, 0.3) is 11.0 Å². The lowest BCUT2D eigenvalue weighted by Crippen LogP contribution is -2.51. The first-order valence-electron chi connectivity index (χ1n) is 8.28. The van der Waals surface area contributed by atoms with Gasteiger partial charge in [-0.05, 0) is 39.0 Å². The summed E-state index contributed by atoms with van der Waals surface area (Å²) in [6.07, 6.45) is 0. The highest BCUT2D eigenvalue weighted by Crippen LogP contribution is 2.29. The Labute approximate surface area is 147 Å². The average Bonchev–Trinajstić information content (AvgIpc) is 2.91. The van der Waals surface area contributed by atoms with Gasteiger partial charge in [-0.2, -0.15) is 4.31 Å². The normalized spacial score (nSPS) is 19.2. The molecule has 0 aliphatic carbocycles. The van der Waals surface area contributed by atoms with Crippen LogP contribution >= 0.6 is 0 Å². The highest BCUT2D eigenvalue weighted by molar-refractivity contribution is 7.89. The third-order valence-electron chi connectivity index (χ3n) is 4.34. The highest BCUT2D eigenvalue weighted by Gasteiger charge is 2.29. The molecular weight excluding hydrogens is 344 g/mol. The summed E-state index contributed by atoms with van der Waals surface area (Å²) < 4.78 is 37.8. The number of hydrogen-bond donors (Lipinski definition) is 1. The molecule has 2 aromatic rings. The number of ether oxygens (including phenoxy) is 1. The lowest BCUT2D eigenvalue weighted by molar-refractivity contribution is 0.0491. The molecule has 25 heavy (non-hydrogen) atoms. The fraction of sp³-hybridized carbons (Fsp3) is 0.471. The minimum Gasteiger partial charge on any atom is -0.460 e. The molecule has 1 aromatic carbocycles. The summed E-state index contributed by atoms with van der Waals surface area (Å²) in [7, 11) is -3.59. The van der Waals surface area contributed by atoms with Gasteiger partial charge >= 0.3 is 5.97 Å². The fourth-order valence-electron chi connectivity index (χ4n) is 3.02. The second-order valence-electron chi connectivity index (χ2n) is 6.15. The number of piperazine rings is 1. The van der Waals surface area contributed by atoms with E-state index < -0.39 is 16.0 Å². The van der Waals surface area contributed by atoms with E-state index in [-0.39, 0.29) is 23.3 Å². The Morgan fingerprint density at radius 3 is 2.88 bits per heavy atom. The molecule has 0 bridgehead atoms. The molecule has 0 unspecified atom stereocenters. The van der Waals surface area contributed by atoms with E-state index in [0.29, 0.717) is 36.2 Å². The Morgan fingerprint density at radius 2 is 2.20 bits per heavy atom. The molecule has 0 saturated carbocycles. The molecule has 1 saturated heterocycles. The van der Waals surface area contributed by atoms with Crippen LogP contribution in [0.2, 0.25) is 0 Å². The number of carbonyl (C=O) groups excluding carboxylic acids is 1. The van der Waals surface area contributed by atoms with Gasteiger partial charge < -0.3 is 14.5 Å². The van der Waals surface area contributed by atoms with Crippen molar-refractivity contribution in [3.05, 3.63) is 29.5 Å². The molecule has 0 amide bonds. The predicted octanol–water partition coefficient (Wildman–Crippen LogP) is 1.90. The number of rotatable bonds is 4. The molecule has 1 aliphatic heterocycles. The van der Waals surface area contributed by atoms with Gasteiger partial charge in [0.2, 0.25) is 15.8 Å². The van der Waals surface area contributed by atoms with Crippen LogP contribution in [0.3, 0.4) is 0 Å². The van der Waals surface area contributed by atoms with Gasteiger partial charge in [0.15, 0.2) is 0 Å². The van der Waals surface area contributed by atoms with Gasteiger partial charge in [0.25, 0.3) is 0 Å². The first-order valence-corrected chi connectivity index (χ1v) is 9.72. The minimum absolute atomic E-state index is 0.110. The van der Waals surface area contributed by atoms with Crippen LogP contribution in [0.5, 0.6) is 0 Å². The number of fused-ring (bicyclic) bond motifs is 1. The number of carbonyl (C=O) groups is 1. The first-order chi connectivity index (χ1) is 11.8. The molecule has 8 heteroatoms. The molecule has 3 rings (SSSR count).